The predicted molar refractivity (Wildman–Crippen MR) is 281 cm³/mol. The molecule has 9 nitrogen and oxygen atoms in total. The summed E-state index contributed by atoms with van der Waals surface area (Å²) < 4.78 is 0. The van der Waals surface area contributed by atoms with E-state index in [1.54, 1.807) is 36.4 Å². The van der Waals surface area contributed by atoms with Crippen molar-refractivity contribution in [1.29, 1.82) is 0 Å². The molecule has 9 heteroatoms. The molecule has 3 aliphatic rings. The highest BCUT2D eigenvalue weighted by atomic mass is 16.2. The van der Waals surface area contributed by atoms with Gasteiger partial charge in [0.1, 0.15) is 0 Å². The molecule has 0 spiro atoms. The summed E-state index contributed by atoms with van der Waals surface area (Å²) in [6.45, 7) is 19.2. The van der Waals surface area contributed by atoms with Gasteiger partial charge in [-0.15, -0.1) is 13.2 Å². The molecule has 0 aliphatic carbocycles. The molecule has 3 saturated heterocycles. The second kappa shape index (κ2) is 19.3. The first-order chi connectivity index (χ1) is 34.1. The van der Waals surface area contributed by atoms with Crippen LogP contribution in [0.15, 0.2) is 159 Å². The number of imide groups is 3. The van der Waals surface area contributed by atoms with E-state index in [4.69, 9.17) is 0 Å². The first kappa shape index (κ1) is 48.5. The van der Waals surface area contributed by atoms with Crippen LogP contribution in [0.1, 0.15) is 120 Å². The summed E-state index contributed by atoms with van der Waals surface area (Å²) in [7, 11) is 0. The number of nitrogens with zero attached hydrogens (tertiary/aromatic N) is 3. The topological polar surface area (TPSA) is 112 Å². The molecule has 6 aromatic carbocycles. The predicted octanol–water partition coefficient (Wildman–Crippen LogP) is 12.6. The summed E-state index contributed by atoms with van der Waals surface area (Å²) in [6, 6.07) is 40.0. The number of likely N-dealkylation sites (tertiary alicyclic amines) is 3. The number of piperidine rings is 3. The first-order valence-corrected chi connectivity index (χ1v) is 24.8. The average molecular weight is 944 g/mol. The molecule has 0 bridgehead atoms. The molecule has 71 heavy (non-hydrogen) atoms. The Morgan fingerprint density at radius 3 is 1.83 bits per heavy atom. The van der Waals surface area contributed by atoms with Crippen molar-refractivity contribution in [2.45, 2.75) is 78.1 Å². The average Bonchev–Trinajstić information content (AvgIpc) is 3.38. The molecule has 6 amide bonds. The van der Waals surface area contributed by atoms with Gasteiger partial charge in [0.25, 0.3) is 17.7 Å². The SMILES string of the molecule is C=CC[C@]1(C)CCCN(C(=O)c2ccc3ccc(C(C=C)[C@]4(C)CCCN(C(=O)c5cccc6cc(C(=C)C[C@]7(C)CCCN(C(=O)c8ccc(-c9ccccc9)cc8)C7=O)ccc56)C4=O)cc3c2)C1=O. The van der Waals surface area contributed by atoms with Crippen molar-refractivity contribution >= 4 is 62.6 Å². The molecular formula is C62H61N3O6. The van der Waals surface area contributed by atoms with Crippen LogP contribution >= 0.6 is 0 Å². The van der Waals surface area contributed by atoms with Gasteiger partial charge in [-0.1, -0.05) is 124 Å². The highest BCUT2D eigenvalue weighted by Crippen LogP contribution is 2.46. The van der Waals surface area contributed by atoms with Crippen molar-refractivity contribution in [3.8, 4) is 11.1 Å². The van der Waals surface area contributed by atoms with Gasteiger partial charge < -0.3 is 0 Å². The van der Waals surface area contributed by atoms with Crippen molar-refractivity contribution in [3.05, 3.63) is 187 Å². The monoisotopic (exact) mass is 943 g/mol. The van der Waals surface area contributed by atoms with E-state index in [0.717, 1.165) is 50.4 Å². The van der Waals surface area contributed by atoms with E-state index in [1.165, 1.54) is 14.7 Å². The molecular weight excluding hydrogens is 883 g/mol. The fourth-order valence-electron chi connectivity index (χ4n) is 11.5. The minimum atomic E-state index is -0.998. The van der Waals surface area contributed by atoms with Crippen LogP contribution in [-0.2, 0) is 14.4 Å². The van der Waals surface area contributed by atoms with Crippen LogP contribution in [0.25, 0.3) is 38.2 Å². The van der Waals surface area contributed by atoms with Gasteiger partial charge in [0.15, 0.2) is 0 Å². The largest absolute Gasteiger partial charge is 0.278 e. The van der Waals surface area contributed by atoms with Crippen molar-refractivity contribution in [1.82, 2.24) is 14.7 Å². The molecule has 6 aromatic rings. The summed E-state index contributed by atoms with van der Waals surface area (Å²) in [5.74, 6) is -2.14. The van der Waals surface area contributed by atoms with Gasteiger partial charge in [0, 0.05) is 42.2 Å². The number of rotatable bonds is 12. The zero-order valence-electron chi connectivity index (χ0n) is 41.0. The fraction of sp³-hybridized carbons (Fsp3) is 0.290. The van der Waals surface area contributed by atoms with Gasteiger partial charge in [0.05, 0.1) is 16.2 Å². The Kier molecular flexibility index (Phi) is 13.2. The van der Waals surface area contributed by atoms with E-state index in [2.05, 4.69) is 19.7 Å². The zero-order valence-corrected chi connectivity index (χ0v) is 41.0. The van der Waals surface area contributed by atoms with Crippen molar-refractivity contribution in [2.24, 2.45) is 16.2 Å². The van der Waals surface area contributed by atoms with Gasteiger partial charge in [-0.2, -0.15) is 0 Å². The van der Waals surface area contributed by atoms with E-state index < -0.39 is 22.2 Å². The Balaban J connectivity index is 0.903. The van der Waals surface area contributed by atoms with E-state index in [9.17, 15) is 28.8 Å². The van der Waals surface area contributed by atoms with Gasteiger partial charge in [-0.05, 0) is 144 Å². The summed E-state index contributed by atoms with van der Waals surface area (Å²) >= 11 is 0. The molecule has 0 saturated carbocycles. The number of carbonyl (C=O) groups is 6. The van der Waals surface area contributed by atoms with Gasteiger partial charge in [-0.25, -0.2) is 0 Å². The number of fused-ring (bicyclic) bond motifs is 2. The Bertz CT molecular complexity index is 3170. The van der Waals surface area contributed by atoms with Crippen LogP contribution in [0.4, 0.5) is 0 Å². The number of carbonyl (C=O) groups excluding carboxylic acids is 6. The number of benzene rings is 6. The first-order valence-electron chi connectivity index (χ1n) is 24.8. The fourth-order valence-corrected chi connectivity index (χ4v) is 11.5. The summed E-state index contributed by atoms with van der Waals surface area (Å²) in [4.78, 5) is 88.9. The minimum absolute atomic E-state index is 0.180. The molecule has 0 radical (unpaired) electrons. The van der Waals surface area contributed by atoms with Crippen molar-refractivity contribution in [3.63, 3.8) is 0 Å². The van der Waals surface area contributed by atoms with E-state index in [-0.39, 0.29) is 42.0 Å². The van der Waals surface area contributed by atoms with Crippen LogP contribution in [0.2, 0.25) is 0 Å². The van der Waals surface area contributed by atoms with Gasteiger partial charge in [0.2, 0.25) is 17.7 Å². The van der Waals surface area contributed by atoms with Crippen LogP contribution in [-0.4, -0.2) is 69.8 Å². The molecule has 1 unspecified atom stereocenters. The van der Waals surface area contributed by atoms with Crippen molar-refractivity contribution < 1.29 is 28.8 Å². The summed E-state index contributed by atoms with van der Waals surface area (Å²) in [5, 5.41) is 3.20. The van der Waals surface area contributed by atoms with Crippen LogP contribution < -0.4 is 0 Å². The maximum absolute atomic E-state index is 14.8. The highest BCUT2D eigenvalue weighted by Gasteiger charge is 2.48. The lowest BCUT2D eigenvalue weighted by Crippen LogP contribution is -2.52. The summed E-state index contributed by atoms with van der Waals surface area (Å²) in [6.07, 6.45) is 8.25. The van der Waals surface area contributed by atoms with Crippen LogP contribution in [0.3, 0.4) is 0 Å². The molecule has 360 valence electrons. The van der Waals surface area contributed by atoms with Crippen LogP contribution in [0.5, 0.6) is 0 Å². The van der Waals surface area contributed by atoms with Gasteiger partial charge >= 0.3 is 0 Å². The lowest BCUT2D eigenvalue weighted by Gasteiger charge is -2.42. The maximum Gasteiger partial charge on any atom is 0.261 e. The Labute approximate surface area is 416 Å². The lowest BCUT2D eigenvalue weighted by molar-refractivity contribution is -0.143. The molecule has 0 N–H and O–H groups in total. The second-order valence-corrected chi connectivity index (χ2v) is 20.6. The number of amides is 6. The third kappa shape index (κ3) is 8.99. The van der Waals surface area contributed by atoms with E-state index >= 15 is 0 Å². The Morgan fingerprint density at radius 2 is 1.14 bits per heavy atom. The quantitative estimate of drug-likeness (QED) is 0.0892. The highest BCUT2D eigenvalue weighted by molar-refractivity contribution is 6.14. The van der Waals surface area contributed by atoms with Crippen LogP contribution in [0, 0.1) is 16.2 Å². The Morgan fingerprint density at radius 1 is 0.563 bits per heavy atom. The molecule has 3 heterocycles. The molecule has 3 aliphatic heterocycles. The molecule has 0 aromatic heterocycles. The zero-order chi connectivity index (χ0) is 50.2. The Hall–Kier alpha value is -7.52. The number of hydrogen-bond donors (Lipinski definition) is 0. The third-order valence-electron chi connectivity index (χ3n) is 15.6. The van der Waals surface area contributed by atoms with Gasteiger partial charge in [-0.3, -0.25) is 43.5 Å². The molecule has 3 fully saturated rings. The van der Waals surface area contributed by atoms with Crippen molar-refractivity contribution in [2.75, 3.05) is 19.6 Å². The molecule has 9 rings (SSSR count). The standard InChI is InChI=1S/C62H61N3O6/c1-7-30-60(4)31-13-34-64(57(60)69)55(67)49-27-23-44-22-26-48(38-50(44)39-49)53(8-2)62(6)33-15-36-65(59(62)71)56(68)52-19-12-18-47-37-46(28-29-51(47)52)41(3)40-61(5)32-14-35-63(58(61)70)54(66)45-24-20-43(21-25-45)42-16-10-9-11-17-42/h7-12,16-29,37-39,53H,1-3,13-15,30-36,40H2,4-6H3/t53?,60-,61+,62+/m1/s1. The normalized spacial score (nSPS) is 22.1. The number of hydrogen-bond acceptors (Lipinski definition) is 6. The van der Waals surface area contributed by atoms with E-state index in [0.29, 0.717) is 80.1 Å². The lowest BCUT2D eigenvalue weighted by atomic mass is 9.67. The third-order valence-corrected chi connectivity index (χ3v) is 15.6. The smallest absolute Gasteiger partial charge is 0.261 e. The minimum Gasteiger partial charge on any atom is -0.278 e. The van der Waals surface area contributed by atoms with E-state index in [1.807, 2.05) is 124 Å². The second-order valence-electron chi connectivity index (χ2n) is 20.6. The number of allylic oxidation sites excluding steroid dienone is 3. The molecule has 4 atom stereocenters. The maximum atomic E-state index is 14.8. The summed E-state index contributed by atoms with van der Waals surface area (Å²) in [5.41, 5.74) is 3.24.